The topological polar surface area (TPSA) is 52.2 Å². The fraction of sp³-hybridized carbons (Fsp3) is 0. The average Bonchev–Trinajstić information content (AvgIpc) is 2.29. The van der Waals surface area contributed by atoms with E-state index in [1.54, 1.807) is 42.5 Å². The molecule has 0 saturated heterocycles. The van der Waals surface area contributed by atoms with Crippen molar-refractivity contribution in [2.45, 2.75) is 4.90 Å². The summed E-state index contributed by atoms with van der Waals surface area (Å²) in [4.78, 5) is 0.235. The van der Waals surface area contributed by atoms with E-state index in [0.717, 1.165) is 3.97 Å². The predicted octanol–water partition coefficient (Wildman–Crippen LogP) is 2.44. The first-order valence-electron chi connectivity index (χ1n) is 4.95. The van der Waals surface area contributed by atoms with E-state index >= 15 is 0 Å². The number of aromatic nitrogens is 1. The second kappa shape index (κ2) is 4.88. The molecule has 0 fully saturated rings. The smallest absolute Gasteiger partial charge is 0.267 e. The van der Waals surface area contributed by atoms with Gasteiger partial charge in [-0.05, 0) is 24.3 Å². The van der Waals surface area contributed by atoms with Crippen molar-refractivity contribution in [1.82, 2.24) is 3.97 Å². The molecule has 0 amide bonds. The highest BCUT2D eigenvalue weighted by molar-refractivity contribution is 7.90. The molecule has 0 saturated carbocycles. The van der Waals surface area contributed by atoms with Crippen molar-refractivity contribution in [2.75, 3.05) is 0 Å². The van der Waals surface area contributed by atoms with Crippen molar-refractivity contribution < 1.29 is 12.8 Å². The Morgan fingerprint density at radius 2 is 1.65 bits per heavy atom. The van der Waals surface area contributed by atoms with Crippen molar-refractivity contribution in [3.63, 3.8) is 0 Å². The zero-order valence-electron chi connectivity index (χ0n) is 8.93. The van der Waals surface area contributed by atoms with Crippen LogP contribution in [0.3, 0.4) is 0 Å². The molecule has 1 aromatic heterocycles. The molecule has 1 aromatic carbocycles. The molecule has 0 N–H and O–H groups in total. The normalized spacial score (nSPS) is 10.8. The summed E-state index contributed by atoms with van der Waals surface area (Å²) in [6.45, 7) is 0. The largest absolute Gasteiger partial charge is 0.471 e. The highest BCUT2D eigenvalue weighted by Crippen LogP contribution is 2.11. The van der Waals surface area contributed by atoms with E-state index in [2.05, 4.69) is 0 Å². The van der Waals surface area contributed by atoms with Crippen molar-refractivity contribution in [1.29, 1.82) is 0 Å². The third-order valence-corrected chi connectivity index (χ3v) is 3.77. The number of hydrogen-bond acceptors (Lipinski definition) is 3. The number of hydrogen-bond donors (Lipinski definition) is 0. The summed E-state index contributed by atoms with van der Waals surface area (Å²) in [5.74, 6) is 0. The summed E-state index contributed by atoms with van der Waals surface area (Å²) in [7, 11) is -3.56. The number of benzene rings is 1. The molecule has 0 bridgehead atoms. The van der Waals surface area contributed by atoms with Gasteiger partial charge in [0.1, 0.15) is 6.26 Å². The molecule has 5 heteroatoms. The first kappa shape index (κ1) is 11.5. The van der Waals surface area contributed by atoms with Crippen LogP contribution in [-0.2, 0) is 10.0 Å². The zero-order chi connectivity index (χ0) is 12.1. The maximum Gasteiger partial charge on any atom is 0.267 e. The second-order valence-electron chi connectivity index (χ2n) is 3.24. The van der Waals surface area contributed by atoms with Crippen LogP contribution in [0.4, 0.5) is 0 Å². The third kappa shape index (κ3) is 2.57. The Hall–Kier alpha value is -2.01. The first-order chi connectivity index (χ1) is 8.21. The molecule has 0 aliphatic carbocycles. The van der Waals surface area contributed by atoms with Crippen LogP contribution in [0.2, 0.25) is 0 Å². The SMILES string of the molecule is O=S(=O)(c1ccccc1)n1ccccocc1. The molecule has 0 aliphatic heterocycles. The number of rotatable bonds is 2. The van der Waals surface area contributed by atoms with Gasteiger partial charge in [0.25, 0.3) is 10.0 Å². The molecule has 0 aliphatic rings. The summed E-state index contributed by atoms with van der Waals surface area (Å²) < 4.78 is 30.4. The lowest BCUT2D eigenvalue weighted by Crippen LogP contribution is -2.11. The second-order valence-corrected chi connectivity index (χ2v) is 5.08. The Kier molecular flexibility index (Phi) is 3.30. The van der Waals surface area contributed by atoms with Gasteiger partial charge in [-0.2, -0.15) is 0 Å². The maximum atomic E-state index is 12.2. The Balaban J connectivity index is 2.58. The summed E-state index contributed by atoms with van der Waals surface area (Å²) >= 11 is 0. The number of nitrogens with zero attached hydrogens (tertiary/aromatic N) is 1. The summed E-state index contributed by atoms with van der Waals surface area (Å²) in [5, 5.41) is 0. The van der Waals surface area contributed by atoms with Crippen molar-refractivity contribution in [2.24, 2.45) is 0 Å². The van der Waals surface area contributed by atoms with Crippen LogP contribution in [0.5, 0.6) is 0 Å². The average molecular weight is 249 g/mol. The van der Waals surface area contributed by atoms with E-state index in [0.29, 0.717) is 0 Å². The van der Waals surface area contributed by atoms with Gasteiger partial charge in [-0.25, -0.2) is 12.4 Å². The molecule has 0 spiro atoms. The molecular weight excluding hydrogens is 238 g/mol. The van der Waals surface area contributed by atoms with Gasteiger partial charge in [0, 0.05) is 6.20 Å². The highest BCUT2D eigenvalue weighted by atomic mass is 32.2. The van der Waals surface area contributed by atoms with Gasteiger partial charge in [-0.15, -0.1) is 0 Å². The van der Waals surface area contributed by atoms with Crippen molar-refractivity contribution in [3.8, 4) is 0 Å². The fourth-order valence-corrected chi connectivity index (χ4v) is 2.47. The van der Waals surface area contributed by atoms with Gasteiger partial charge in [-0.1, -0.05) is 18.2 Å². The van der Waals surface area contributed by atoms with Gasteiger partial charge in [-0.3, -0.25) is 0 Å². The van der Waals surface area contributed by atoms with E-state index in [1.807, 2.05) is 0 Å². The molecule has 4 nitrogen and oxygen atoms in total. The third-order valence-electron chi connectivity index (χ3n) is 2.11. The van der Waals surface area contributed by atoms with Gasteiger partial charge in [0.15, 0.2) is 0 Å². The van der Waals surface area contributed by atoms with Crippen molar-refractivity contribution in [3.05, 3.63) is 67.4 Å². The van der Waals surface area contributed by atoms with E-state index in [9.17, 15) is 8.42 Å². The summed E-state index contributed by atoms with van der Waals surface area (Å²) in [5.41, 5.74) is 0. The van der Waals surface area contributed by atoms with Crippen LogP contribution in [0.1, 0.15) is 0 Å². The fourth-order valence-electron chi connectivity index (χ4n) is 1.29. The van der Waals surface area contributed by atoms with Crippen LogP contribution in [0, 0.1) is 0 Å². The molecule has 17 heavy (non-hydrogen) atoms. The molecule has 0 radical (unpaired) electrons. The van der Waals surface area contributed by atoms with Gasteiger partial charge in [0.05, 0.1) is 17.4 Å². The molecule has 1 heterocycles. The van der Waals surface area contributed by atoms with E-state index in [-0.39, 0.29) is 4.90 Å². The van der Waals surface area contributed by atoms with Crippen LogP contribution in [-0.4, -0.2) is 12.4 Å². The van der Waals surface area contributed by atoms with E-state index in [1.165, 1.54) is 24.9 Å². The molecule has 2 rings (SSSR count). The monoisotopic (exact) mass is 249 g/mol. The quantitative estimate of drug-likeness (QED) is 0.821. The lowest BCUT2D eigenvalue weighted by atomic mass is 10.4. The predicted molar refractivity (Wildman–Crippen MR) is 63.4 cm³/mol. The summed E-state index contributed by atoms with van der Waals surface area (Å²) in [6.07, 6.45) is 5.57. The van der Waals surface area contributed by atoms with E-state index in [4.69, 9.17) is 4.42 Å². The highest BCUT2D eigenvalue weighted by Gasteiger charge is 2.13. The lowest BCUT2D eigenvalue weighted by molar-refractivity contribution is 0.546. The minimum atomic E-state index is -3.56. The van der Waals surface area contributed by atoms with E-state index < -0.39 is 10.0 Å². The maximum absolute atomic E-state index is 12.2. The Morgan fingerprint density at radius 1 is 0.882 bits per heavy atom. The molecule has 0 unspecified atom stereocenters. The molecule has 88 valence electrons. The van der Waals surface area contributed by atoms with Gasteiger partial charge < -0.3 is 4.42 Å². The van der Waals surface area contributed by atoms with Crippen LogP contribution in [0.15, 0.2) is 76.7 Å². The Labute approximate surface area is 99.5 Å². The summed E-state index contributed by atoms with van der Waals surface area (Å²) in [6, 6.07) is 11.4. The minimum absolute atomic E-state index is 0.235. The first-order valence-corrected chi connectivity index (χ1v) is 6.39. The zero-order valence-corrected chi connectivity index (χ0v) is 9.75. The van der Waals surface area contributed by atoms with Crippen LogP contribution >= 0.6 is 0 Å². The van der Waals surface area contributed by atoms with Crippen LogP contribution < -0.4 is 0 Å². The molecular formula is C12H11NO3S. The Morgan fingerprint density at radius 3 is 2.41 bits per heavy atom. The minimum Gasteiger partial charge on any atom is -0.471 e. The lowest BCUT2D eigenvalue weighted by Gasteiger charge is -2.06. The van der Waals surface area contributed by atoms with Crippen LogP contribution in [0.25, 0.3) is 0 Å². The standard InChI is InChI=1S/C12H11NO3S/c14-17(15,12-6-2-1-3-7-12)13-8-4-5-10-16-11-9-13/h1-11H. The van der Waals surface area contributed by atoms with Gasteiger partial charge in [0.2, 0.25) is 0 Å². The Bertz CT molecular complexity index is 605. The molecule has 0 atom stereocenters. The molecule has 2 aromatic rings. The van der Waals surface area contributed by atoms with Gasteiger partial charge >= 0.3 is 0 Å². The van der Waals surface area contributed by atoms with Crippen molar-refractivity contribution >= 4 is 10.0 Å².